The zero-order chi connectivity index (χ0) is 20.9. The summed E-state index contributed by atoms with van der Waals surface area (Å²) in [6.45, 7) is 3.52. The number of nitrogens with zero attached hydrogens (tertiary/aromatic N) is 3. The van der Waals surface area contributed by atoms with Gasteiger partial charge < -0.3 is 24.6 Å². The van der Waals surface area contributed by atoms with Gasteiger partial charge in [0, 0.05) is 32.7 Å². The summed E-state index contributed by atoms with van der Waals surface area (Å²) in [5.74, 6) is 1.64. The average Bonchev–Trinajstić information content (AvgIpc) is 3.24. The second-order valence-electron chi connectivity index (χ2n) is 7.11. The van der Waals surface area contributed by atoms with Crippen LogP contribution in [0, 0.1) is 0 Å². The van der Waals surface area contributed by atoms with Crippen LogP contribution in [0.4, 0.5) is 9.93 Å². The Morgan fingerprint density at radius 1 is 1.07 bits per heavy atom. The normalized spacial score (nSPS) is 14.1. The zero-order valence-electron chi connectivity index (χ0n) is 17.3. The first kappa shape index (κ1) is 20.3. The maximum Gasteiger partial charge on any atom is 0.317 e. The van der Waals surface area contributed by atoms with Gasteiger partial charge in [-0.25, -0.2) is 9.78 Å². The molecule has 2 heterocycles. The Labute approximate surface area is 180 Å². The van der Waals surface area contributed by atoms with Crippen molar-refractivity contribution in [2.24, 2.45) is 0 Å². The standard InChI is InChI=1S/C22H26N4O3S/c1-28-17-8-6-16(7-9-17)10-11-23-21(27)25-12-14-26(15-13-25)22-24-20-18(29-2)4-3-5-19(20)30-22/h3-9H,10-15H2,1-2H3,(H,23,27). The number of benzene rings is 2. The Morgan fingerprint density at radius 2 is 1.83 bits per heavy atom. The topological polar surface area (TPSA) is 66.9 Å². The maximum absolute atomic E-state index is 12.5. The maximum atomic E-state index is 12.5. The van der Waals surface area contributed by atoms with Crippen LogP contribution in [0.5, 0.6) is 11.5 Å². The number of nitrogens with one attached hydrogen (secondary N) is 1. The average molecular weight is 427 g/mol. The number of carbonyl (C=O) groups is 1. The van der Waals surface area contributed by atoms with E-state index >= 15 is 0 Å². The van der Waals surface area contributed by atoms with Gasteiger partial charge in [-0.3, -0.25) is 0 Å². The van der Waals surface area contributed by atoms with Gasteiger partial charge >= 0.3 is 6.03 Å². The van der Waals surface area contributed by atoms with Crippen LogP contribution in [-0.2, 0) is 6.42 Å². The molecule has 1 fully saturated rings. The summed E-state index contributed by atoms with van der Waals surface area (Å²) < 4.78 is 11.7. The highest BCUT2D eigenvalue weighted by molar-refractivity contribution is 7.22. The summed E-state index contributed by atoms with van der Waals surface area (Å²) >= 11 is 1.66. The number of hydrogen-bond donors (Lipinski definition) is 1. The van der Waals surface area contributed by atoms with E-state index in [1.165, 1.54) is 5.56 Å². The molecular formula is C22H26N4O3S. The third kappa shape index (κ3) is 4.43. The largest absolute Gasteiger partial charge is 0.497 e. The molecule has 0 saturated carbocycles. The summed E-state index contributed by atoms with van der Waals surface area (Å²) in [7, 11) is 3.32. The highest BCUT2D eigenvalue weighted by Crippen LogP contribution is 2.34. The van der Waals surface area contributed by atoms with Crippen LogP contribution in [0.15, 0.2) is 42.5 Å². The minimum Gasteiger partial charge on any atom is -0.497 e. The number of carbonyl (C=O) groups excluding carboxylic acids is 1. The van der Waals surface area contributed by atoms with Crippen LogP contribution in [0.2, 0.25) is 0 Å². The van der Waals surface area contributed by atoms with E-state index < -0.39 is 0 Å². The molecule has 0 unspecified atom stereocenters. The number of fused-ring (bicyclic) bond motifs is 1. The summed E-state index contributed by atoms with van der Waals surface area (Å²) in [4.78, 5) is 21.4. The molecule has 1 aromatic heterocycles. The van der Waals surface area contributed by atoms with Gasteiger partial charge in [-0.05, 0) is 36.2 Å². The first-order chi connectivity index (χ1) is 14.7. The van der Waals surface area contributed by atoms with E-state index in [0.29, 0.717) is 19.6 Å². The van der Waals surface area contributed by atoms with Gasteiger partial charge in [-0.1, -0.05) is 29.5 Å². The molecule has 4 rings (SSSR count). The molecule has 0 radical (unpaired) electrons. The van der Waals surface area contributed by atoms with Crippen LogP contribution in [0.1, 0.15) is 5.56 Å². The van der Waals surface area contributed by atoms with Crippen molar-refractivity contribution in [2.75, 3.05) is 51.8 Å². The number of ether oxygens (including phenoxy) is 2. The molecule has 1 aliphatic rings. The Bertz CT molecular complexity index is 997. The van der Waals surface area contributed by atoms with E-state index in [0.717, 1.165) is 46.4 Å². The van der Waals surface area contributed by atoms with Crippen molar-refractivity contribution in [3.63, 3.8) is 0 Å². The van der Waals surface area contributed by atoms with Crippen molar-refractivity contribution in [2.45, 2.75) is 6.42 Å². The summed E-state index contributed by atoms with van der Waals surface area (Å²) in [5.41, 5.74) is 2.07. The lowest BCUT2D eigenvalue weighted by molar-refractivity contribution is 0.194. The van der Waals surface area contributed by atoms with Crippen LogP contribution < -0.4 is 19.7 Å². The van der Waals surface area contributed by atoms with Gasteiger partial charge in [0.25, 0.3) is 0 Å². The van der Waals surface area contributed by atoms with Gasteiger partial charge in [0.2, 0.25) is 0 Å². The van der Waals surface area contributed by atoms with Crippen molar-refractivity contribution in [3.8, 4) is 11.5 Å². The quantitative estimate of drug-likeness (QED) is 0.655. The number of thiazole rings is 1. The van der Waals surface area contributed by atoms with E-state index in [9.17, 15) is 4.79 Å². The molecule has 3 aromatic rings. The fourth-order valence-corrected chi connectivity index (χ4v) is 4.56. The second kappa shape index (κ2) is 9.21. The molecule has 2 amide bonds. The first-order valence-corrected chi connectivity index (χ1v) is 10.8. The summed E-state index contributed by atoms with van der Waals surface area (Å²) in [5, 5.41) is 4.01. The molecule has 1 N–H and O–H groups in total. The minimum absolute atomic E-state index is 0.00543. The molecule has 0 spiro atoms. The molecule has 1 saturated heterocycles. The molecule has 0 atom stereocenters. The minimum atomic E-state index is -0.00543. The van der Waals surface area contributed by atoms with Crippen LogP contribution >= 0.6 is 11.3 Å². The van der Waals surface area contributed by atoms with Gasteiger partial charge in [0.1, 0.15) is 17.0 Å². The van der Waals surface area contributed by atoms with Gasteiger partial charge in [0.05, 0.1) is 18.9 Å². The van der Waals surface area contributed by atoms with Crippen molar-refractivity contribution < 1.29 is 14.3 Å². The number of methoxy groups -OCH3 is 2. The van der Waals surface area contributed by atoms with Gasteiger partial charge in [0.15, 0.2) is 5.13 Å². The Morgan fingerprint density at radius 3 is 2.53 bits per heavy atom. The van der Waals surface area contributed by atoms with Crippen molar-refractivity contribution >= 4 is 32.7 Å². The lowest BCUT2D eigenvalue weighted by Gasteiger charge is -2.34. The molecule has 0 aliphatic carbocycles. The second-order valence-corrected chi connectivity index (χ2v) is 8.12. The number of piperazine rings is 1. The molecule has 1 aliphatic heterocycles. The van der Waals surface area contributed by atoms with Gasteiger partial charge in [-0.15, -0.1) is 0 Å². The third-order valence-electron chi connectivity index (χ3n) is 5.28. The van der Waals surface area contributed by atoms with Crippen LogP contribution in [-0.4, -0.2) is 62.9 Å². The molecule has 30 heavy (non-hydrogen) atoms. The van der Waals surface area contributed by atoms with Crippen molar-refractivity contribution in [1.82, 2.24) is 15.2 Å². The molecule has 0 bridgehead atoms. The first-order valence-electron chi connectivity index (χ1n) is 10.0. The number of anilines is 1. The number of aromatic nitrogens is 1. The van der Waals surface area contributed by atoms with Crippen LogP contribution in [0.25, 0.3) is 10.2 Å². The Kier molecular flexibility index (Phi) is 6.23. The van der Waals surface area contributed by atoms with Crippen molar-refractivity contribution in [3.05, 3.63) is 48.0 Å². The number of rotatable bonds is 6. The predicted molar refractivity (Wildman–Crippen MR) is 120 cm³/mol. The van der Waals surface area contributed by atoms with Gasteiger partial charge in [-0.2, -0.15) is 0 Å². The number of hydrogen-bond acceptors (Lipinski definition) is 6. The molecule has 7 nitrogen and oxygen atoms in total. The summed E-state index contributed by atoms with van der Waals surface area (Å²) in [6, 6.07) is 13.9. The Hall–Kier alpha value is -3.00. The van der Waals surface area contributed by atoms with Crippen molar-refractivity contribution in [1.29, 1.82) is 0 Å². The summed E-state index contributed by atoms with van der Waals surface area (Å²) in [6.07, 6.45) is 0.795. The van der Waals surface area contributed by atoms with E-state index in [4.69, 9.17) is 14.5 Å². The van der Waals surface area contributed by atoms with E-state index in [2.05, 4.69) is 16.3 Å². The highest BCUT2D eigenvalue weighted by Gasteiger charge is 2.23. The Balaban J connectivity index is 1.27. The monoisotopic (exact) mass is 426 g/mol. The van der Waals surface area contributed by atoms with E-state index in [1.807, 2.05) is 41.3 Å². The third-order valence-corrected chi connectivity index (χ3v) is 6.36. The zero-order valence-corrected chi connectivity index (χ0v) is 18.1. The molecule has 8 heteroatoms. The number of urea groups is 1. The molecule has 2 aromatic carbocycles. The lowest BCUT2D eigenvalue weighted by atomic mass is 10.1. The van der Waals surface area contributed by atoms with E-state index in [1.54, 1.807) is 25.6 Å². The fourth-order valence-electron chi connectivity index (χ4n) is 3.53. The molecular weight excluding hydrogens is 400 g/mol. The fraction of sp³-hybridized carbons (Fsp3) is 0.364. The van der Waals surface area contributed by atoms with E-state index in [-0.39, 0.29) is 6.03 Å². The number of para-hydroxylation sites is 1. The van der Waals surface area contributed by atoms with Crippen LogP contribution in [0.3, 0.4) is 0 Å². The lowest BCUT2D eigenvalue weighted by Crippen LogP contribution is -2.52. The SMILES string of the molecule is COc1ccc(CCNC(=O)N2CCN(c3nc4c(OC)cccc4s3)CC2)cc1. The molecule has 158 valence electrons. The number of amides is 2. The highest BCUT2D eigenvalue weighted by atomic mass is 32.1. The predicted octanol–water partition coefficient (Wildman–Crippen LogP) is 3.39. The smallest absolute Gasteiger partial charge is 0.317 e.